The van der Waals surface area contributed by atoms with Crippen LogP contribution in [-0.4, -0.2) is 14.3 Å². The van der Waals surface area contributed by atoms with E-state index in [2.05, 4.69) is 32.6 Å². The summed E-state index contributed by atoms with van der Waals surface area (Å²) < 4.78 is 29.2. The molecule has 1 amide bonds. The lowest BCUT2D eigenvalue weighted by molar-refractivity contribution is 0.102. The summed E-state index contributed by atoms with van der Waals surface area (Å²) in [6.07, 6.45) is 0. The number of sulfonamides is 1. The zero-order chi connectivity index (χ0) is 19.4. The van der Waals surface area contributed by atoms with Crippen LogP contribution in [0.5, 0.6) is 0 Å². The van der Waals surface area contributed by atoms with Gasteiger partial charge in [0.25, 0.3) is 15.9 Å². The molecule has 0 atom stereocenters. The summed E-state index contributed by atoms with van der Waals surface area (Å²) in [5, 5.41) is 2.76. The number of amides is 1. The largest absolute Gasteiger partial charge is 0.322 e. The van der Waals surface area contributed by atoms with Crippen LogP contribution in [0.4, 0.5) is 11.4 Å². The standard InChI is InChI=1S/C20H17IN2O3S/c1-14-7-8-15(20(24)22-17-5-3-2-4-6-17)13-19(14)27(25,26)23-18-11-9-16(21)10-12-18/h2-13,23H,1H3,(H,22,24). The number of carbonyl (C=O) groups is 1. The average molecular weight is 492 g/mol. The lowest BCUT2D eigenvalue weighted by Gasteiger charge is -2.12. The molecule has 0 saturated carbocycles. The molecule has 0 aliphatic carbocycles. The number of anilines is 2. The van der Waals surface area contributed by atoms with E-state index in [0.29, 0.717) is 16.9 Å². The van der Waals surface area contributed by atoms with E-state index in [-0.39, 0.29) is 16.4 Å². The van der Waals surface area contributed by atoms with Crippen LogP contribution in [0.2, 0.25) is 0 Å². The maximum atomic E-state index is 12.8. The summed E-state index contributed by atoms with van der Waals surface area (Å²) in [4.78, 5) is 12.5. The predicted octanol–water partition coefficient (Wildman–Crippen LogP) is 4.65. The Labute approximate surface area is 172 Å². The Kier molecular flexibility index (Phi) is 5.81. The van der Waals surface area contributed by atoms with Gasteiger partial charge in [0.15, 0.2) is 0 Å². The second-order valence-electron chi connectivity index (χ2n) is 5.91. The van der Waals surface area contributed by atoms with Crippen LogP contribution >= 0.6 is 22.6 Å². The zero-order valence-electron chi connectivity index (χ0n) is 14.4. The third-order valence-electron chi connectivity index (χ3n) is 3.87. The van der Waals surface area contributed by atoms with Gasteiger partial charge in [0, 0.05) is 20.5 Å². The van der Waals surface area contributed by atoms with E-state index in [1.54, 1.807) is 43.3 Å². The quantitative estimate of drug-likeness (QED) is 0.510. The smallest absolute Gasteiger partial charge is 0.262 e. The molecule has 0 aliphatic heterocycles. The van der Waals surface area contributed by atoms with Crippen molar-refractivity contribution in [1.29, 1.82) is 0 Å². The van der Waals surface area contributed by atoms with Gasteiger partial charge in [-0.2, -0.15) is 0 Å². The Hall–Kier alpha value is -2.39. The Morgan fingerprint density at radius 3 is 2.22 bits per heavy atom. The minimum Gasteiger partial charge on any atom is -0.322 e. The van der Waals surface area contributed by atoms with E-state index in [9.17, 15) is 13.2 Å². The summed E-state index contributed by atoms with van der Waals surface area (Å²) in [6, 6.07) is 20.7. The molecule has 0 saturated heterocycles. The highest BCUT2D eigenvalue weighted by atomic mass is 127. The van der Waals surface area contributed by atoms with Crippen molar-refractivity contribution < 1.29 is 13.2 Å². The lowest BCUT2D eigenvalue weighted by Crippen LogP contribution is -2.17. The predicted molar refractivity (Wildman–Crippen MR) is 116 cm³/mol. The first-order valence-electron chi connectivity index (χ1n) is 8.10. The molecule has 2 N–H and O–H groups in total. The fourth-order valence-electron chi connectivity index (χ4n) is 2.48. The van der Waals surface area contributed by atoms with Gasteiger partial charge >= 0.3 is 0 Å². The third-order valence-corrected chi connectivity index (χ3v) is 6.11. The Morgan fingerprint density at radius 2 is 1.56 bits per heavy atom. The van der Waals surface area contributed by atoms with E-state index < -0.39 is 10.0 Å². The Bertz CT molecular complexity index is 1070. The van der Waals surface area contributed by atoms with Crippen LogP contribution in [0.15, 0.2) is 77.7 Å². The molecule has 0 aromatic heterocycles. The maximum Gasteiger partial charge on any atom is 0.262 e. The van der Waals surface area contributed by atoms with Crippen LogP contribution in [0.1, 0.15) is 15.9 Å². The number of halogens is 1. The van der Waals surface area contributed by atoms with Gasteiger partial charge in [0.1, 0.15) is 0 Å². The highest BCUT2D eigenvalue weighted by Crippen LogP contribution is 2.22. The summed E-state index contributed by atoms with van der Waals surface area (Å²) in [5.74, 6) is -0.369. The molecular formula is C20H17IN2O3S. The lowest BCUT2D eigenvalue weighted by atomic mass is 10.1. The molecule has 0 bridgehead atoms. The molecule has 0 unspecified atom stereocenters. The molecule has 7 heteroatoms. The van der Waals surface area contributed by atoms with Gasteiger partial charge in [0.2, 0.25) is 0 Å². The summed E-state index contributed by atoms with van der Waals surface area (Å²) in [7, 11) is -3.82. The van der Waals surface area contributed by atoms with Crippen molar-refractivity contribution in [2.45, 2.75) is 11.8 Å². The SMILES string of the molecule is Cc1ccc(C(=O)Nc2ccccc2)cc1S(=O)(=O)Nc1ccc(I)cc1. The zero-order valence-corrected chi connectivity index (χ0v) is 17.4. The molecule has 3 aromatic carbocycles. The van der Waals surface area contributed by atoms with Crippen molar-refractivity contribution in [1.82, 2.24) is 0 Å². The van der Waals surface area contributed by atoms with E-state index in [1.165, 1.54) is 6.07 Å². The number of hydrogen-bond donors (Lipinski definition) is 2. The first-order chi connectivity index (χ1) is 12.8. The van der Waals surface area contributed by atoms with Crippen molar-refractivity contribution in [2.24, 2.45) is 0 Å². The van der Waals surface area contributed by atoms with Crippen molar-refractivity contribution >= 4 is 49.9 Å². The molecule has 0 fully saturated rings. The molecule has 27 heavy (non-hydrogen) atoms. The molecule has 5 nitrogen and oxygen atoms in total. The van der Waals surface area contributed by atoms with Crippen LogP contribution in [0, 0.1) is 10.5 Å². The average Bonchev–Trinajstić information content (AvgIpc) is 2.64. The maximum absolute atomic E-state index is 12.8. The first-order valence-corrected chi connectivity index (χ1v) is 10.7. The van der Waals surface area contributed by atoms with Crippen molar-refractivity contribution in [2.75, 3.05) is 10.0 Å². The number of aryl methyl sites for hydroxylation is 1. The van der Waals surface area contributed by atoms with Gasteiger partial charge in [0.05, 0.1) is 4.90 Å². The summed E-state index contributed by atoms with van der Waals surface area (Å²) in [6.45, 7) is 1.70. The van der Waals surface area contributed by atoms with E-state index in [0.717, 1.165) is 3.57 Å². The molecule has 0 aliphatic rings. The van der Waals surface area contributed by atoms with Crippen LogP contribution in [0.3, 0.4) is 0 Å². The minimum absolute atomic E-state index is 0.0711. The van der Waals surface area contributed by atoms with Crippen molar-refractivity contribution in [3.63, 3.8) is 0 Å². The second-order valence-corrected chi connectivity index (χ2v) is 8.81. The summed E-state index contributed by atoms with van der Waals surface area (Å²) >= 11 is 2.15. The molecule has 3 aromatic rings. The van der Waals surface area contributed by atoms with Crippen molar-refractivity contribution in [3.8, 4) is 0 Å². The van der Waals surface area contributed by atoms with Crippen LogP contribution < -0.4 is 10.0 Å². The molecule has 0 spiro atoms. The Morgan fingerprint density at radius 1 is 0.889 bits per heavy atom. The van der Waals surface area contributed by atoms with Gasteiger partial charge in [-0.15, -0.1) is 0 Å². The van der Waals surface area contributed by atoms with E-state index in [4.69, 9.17) is 0 Å². The fourth-order valence-corrected chi connectivity index (χ4v) is 4.17. The molecular weight excluding hydrogens is 475 g/mol. The first kappa shape index (κ1) is 19.4. The highest BCUT2D eigenvalue weighted by molar-refractivity contribution is 14.1. The highest BCUT2D eigenvalue weighted by Gasteiger charge is 2.19. The van der Waals surface area contributed by atoms with Gasteiger partial charge < -0.3 is 5.32 Å². The number of carbonyl (C=O) groups excluding carboxylic acids is 1. The minimum atomic E-state index is -3.82. The van der Waals surface area contributed by atoms with Crippen LogP contribution in [0.25, 0.3) is 0 Å². The van der Waals surface area contributed by atoms with E-state index in [1.807, 2.05) is 30.3 Å². The van der Waals surface area contributed by atoms with Gasteiger partial charge in [-0.05, 0) is 83.6 Å². The van der Waals surface area contributed by atoms with Crippen molar-refractivity contribution in [3.05, 3.63) is 87.5 Å². The number of para-hydroxylation sites is 1. The molecule has 138 valence electrons. The van der Waals surface area contributed by atoms with Gasteiger partial charge in [-0.25, -0.2) is 8.42 Å². The fraction of sp³-hybridized carbons (Fsp3) is 0.0500. The molecule has 3 rings (SSSR count). The number of nitrogens with one attached hydrogen (secondary N) is 2. The van der Waals surface area contributed by atoms with Gasteiger partial charge in [-0.1, -0.05) is 24.3 Å². The number of hydrogen-bond acceptors (Lipinski definition) is 3. The molecule has 0 radical (unpaired) electrons. The third kappa shape index (κ3) is 4.86. The second kappa shape index (κ2) is 8.10. The monoisotopic (exact) mass is 492 g/mol. The number of rotatable bonds is 5. The van der Waals surface area contributed by atoms with Gasteiger partial charge in [-0.3, -0.25) is 9.52 Å². The Balaban J connectivity index is 1.88. The molecule has 0 heterocycles. The number of benzene rings is 3. The van der Waals surface area contributed by atoms with E-state index >= 15 is 0 Å². The summed E-state index contributed by atoms with van der Waals surface area (Å²) in [5.41, 5.74) is 1.94. The topological polar surface area (TPSA) is 75.3 Å². The normalized spacial score (nSPS) is 11.0. The van der Waals surface area contributed by atoms with Crippen LogP contribution in [-0.2, 0) is 10.0 Å².